The summed E-state index contributed by atoms with van der Waals surface area (Å²) in [6, 6.07) is -0.999. The first-order chi connectivity index (χ1) is 30.0. The maximum atomic E-state index is 12.5. The van der Waals surface area contributed by atoms with Crippen molar-refractivity contribution in [3.05, 3.63) is 24.3 Å². The second-order valence-electron chi connectivity index (χ2n) is 18.9. The summed E-state index contributed by atoms with van der Waals surface area (Å²) in [5.74, 6) is -0.591. The van der Waals surface area contributed by atoms with Gasteiger partial charge >= 0.3 is 0 Å². The fourth-order valence-corrected chi connectivity index (χ4v) is 8.58. The number of carbonyl (C=O) groups excluding carboxylic acids is 1. The largest absolute Gasteiger partial charge is 0.394 e. The molecule has 4 unspecified atom stereocenters. The van der Waals surface area contributed by atoms with Crippen LogP contribution in [0, 0.1) is 0 Å². The molecule has 0 rings (SSSR count). The highest BCUT2D eigenvalue weighted by molar-refractivity contribution is 5.80. The Bertz CT molecular complexity index is 924. The van der Waals surface area contributed by atoms with Gasteiger partial charge in [-0.25, -0.2) is 0 Å². The fourth-order valence-electron chi connectivity index (χ4n) is 8.58. The van der Waals surface area contributed by atoms with Crippen LogP contribution in [-0.4, -0.2) is 57.3 Å². The predicted molar refractivity (Wildman–Crippen MR) is 265 cm³/mol. The quantitative estimate of drug-likeness (QED) is 0.0309. The first-order valence-electron chi connectivity index (χ1n) is 27.2. The normalized spacial score (nSPS) is 14.0. The van der Waals surface area contributed by atoms with Crippen LogP contribution >= 0.6 is 0 Å². The van der Waals surface area contributed by atoms with E-state index in [0.717, 1.165) is 38.5 Å². The van der Waals surface area contributed by atoms with Crippen molar-refractivity contribution in [1.82, 2.24) is 5.32 Å². The maximum Gasteiger partial charge on any atom is 0.249 e. The van der Waals surface area contributed by atoms with Gasteiger partial charge in [0, 0.05) is 0 Å². The molecule has 0 aliphatic rings. The molecule has 0 aliphatic carbocycles. The lowest BCUT2D eigenvalue weighted by molar-refractivity contribution is -0.132. The molecule has 0 radical (unpaired) electrons. The van der Waals surface area contributed by atoms with E-state index >= 15 is 0 Å². The van der Waals surface area contributed by atoms with Gasteiger partial charge in [0.2, 0.25) is 5.91 Å². The molecule has 6 nitrogen and oxygen atoms in total. The Hall–Kier alpha value is -1.21. The number of unbranched alkanes of at least 4 members (excludes halogenated alkanes) is 37. The van der Waals surface area contributed by atoms with Gasteiger partial charge in [-0.1, -0.05) is 250 Å². The standard InChI is InChI=1S/C55H107NO5/c1-3-5-7-9-11-13-15-16-17-18-19-20-21-22-23-24-25-26-27-28-29-30-31-32-33-34-35-36-37-39-41-43-45-47-49-53(59)55(61)56-51(50-57)54(60)52(58)48-46-44-42-40-38-14-12-10-8-6-4-2/h24-25,40,42,51-54,57-60H,3-23,26-39,41,43-50H2,1-2H3,(H,56,61)/b25-24-,42-40+. The van der Waals surface area contributed by atoms with Gasteiger partial charge in [0.25, 0.3) is 0 Å². The molecule has 0 aromatic carbocycles. The molecule has 0 heterocycles. The minimum Gasteiger partial charge on any atom is -0.394 e. The summed E-state index contributed by atoms with van der Waals surface area (Å²) >= 11 is 0. The number of hydrogen-bond acceptors (Lipinski definition) is 5. The second kappa shape index (κ2) is 49.8. The molecule has 0 fully saturated rings. The Morgan fingerprint density at radius 1 is 0.393 bits per heavy atom. The van der Waals surface area contributed by atoms with E-state index in [1.165, 1.54) is 225 Å². The van der Waals surface area contributed by atoms with Gasteiger partial charge in [0.05, 0.1) is 18.8 Å². The van der Waals surface area contributed by atoms with E-state index in [9.17, 15) is 25.2 Å². The maximum absolute atomic E-state index is 12.5. The van der Waals surface area contributed by atoms with Crippen molar-refractivity contribution in [3.8, 4) is 0 Å². The number of amides is 1. The third-order valence-electron chi connectivity index (χ3n) is 12.9. The molecule has 0 saturated heterocycles. The molecule has 0 aliphatic heterocycles. The zero-order chi connectivity index (χ0) is 44.5. The number of aliphatic hydroxyl groups excluding tert-OH is 4. The van der Waals surface area contributed by atoms with Crippen molar-refractivity contribution >= 4 is 5.91 Å². The minimum atomic E-state index is -1.28. The molecule has 6 heteroatoms. The molecule has 5 N–H and O–H groups in total. The van der Waals surface area contributed by atoms with E-state index in [4.69, 9.17) is 0 Å². The zero-order valence-corrected chi connectivity index (χ0v) is 40.9. The molecule has 4 atom stereocenters. The lowest BCUT2D eigenvalue weighted by Crippen LogP contribution is -2.53. The van der Waals surface area contributed by atoms with Gasteiger partial charge in [-0.05, 0) is 64.2 Å². The van der Waals surface area contributed by atoms with Crippen molar-refractivity contribution in [1.29, 1.82) is 0 Å². The SMILES string of the molecule is CCCCCCCC/C=C/CCCC(O)C(O)C(CO)NC(=O)C(O)CCCCCCCCCCCCCCCCCC/C=C\CCCCCCCCCCCCCCCC. The Labute approximate surface area is 380 Å². The second-order valence-corrected chi connectivity index (χ2v) is 18.9. The van der Waals surface area contributed by atoms with Gasteiger partial charge in [0.15, 0.2) is 0 Å². The summed E-state index contributed by atoms with van der Waals surface area (Å²) in [7, 11) is 0. The first-order valence-corrected chi connectivity index (χ1v) is 27.2. The van der Waals surface area contributed by atoms with E-state index in [2.05, 4.69) is 43.5 Å². The Balaban J connectivity index is 3.53. The van der Waals surface area contributed by atoms with Gasteiger partial charge < -0.3 is 25.7 Å². The Morgan fingerprint density at radius 3 is 0.984 bits per heavy atom. The summed E-state index contributed by atoms with van der Waals surface area (Å²) in [5.41, 5.74) is 0. The van der Waals surface area contributed by atoms with Gasteiger partial charge in [-0.3, -0.25) is 4.79 Å². The average molecular weight is 862 g/mol. The average Bonchev–Trinajstić information content (AvgIpc) is 3.26. The fraction of sp³-hybridized carbons (Fsp3) is 0.909. The number of allylic oxidation sites excluding steroid dienone is 4. The van der Waals surface area contributed by atoms with Crippen LogP contribution in [0.5, 0.6) is 0 Å². The highest BCUT2D eigenvalue weighted by atomic mass is 16.3. The van der Waals surface area contributed by atoms with Crippen LogP contribution in [0.15, 0.2) is 24.3 Å². The summed E-state index contributed by atoms with van der Waals surface area (Å²) < 4.78 is 0. The molecule has 0 spiro atoms. The van der Waals surface area contributed by atoms with Crippen molar-refractivity contribution in [3.63, 3.8) is 0 Å². The van der Waals surface area contributed by atoms with E-state index in [-0.39, 0.29) is 0 Å². The van der Waals surface area contributed by atoms with Crippen LogP contribution < -0.4 is 5.32 Å². The van der Waals surface area contributed by atoms with Crippen LogP contribution in [0.4, 0.5) is 0 Å². The van der Waals surface area contributed by atoms with Gasteiger partial charge in [-0.15, -0.1) is 0 Å². The van der Waals surface area contributed by atoms with Crippen LogP contribution in [0.3, 0.4) is 0 Å². The molecule has 1 amide bonds. The zero-order valence-electron chi connectivity index (χ0n) is 40.9. The van der Waals surface area contributed by atoms with Gasteiger partial charge in [-0.2, -0.15) is 0 Å². The predicted octanol–water partition coefficient (Wildman–Crippen LogP) is 15.5. The van der Waals surface area contributed by atoms with Gasteiger partial charge in [0.1, 0.15) is 12.2 Å². The van der Waals surface area contributed by atoms with E-state index < -0.39 is 36.9 Å². The van der Waals surface area contributed by atoms with E-state index in [0.29, 0.717) is 12.8 Å². The van der Waals surface area contributed by atoms with E-state index in [1.807, 2.05) is 0 Å². The lowest BCUT2D eigenvalue weighted by atomic mass is 10.00. The summed E-state index contributed by atoms with van der Waals surface area (Å²) in [5, 5.41) is 43.7. The number of rotatable bonds is 50. The smallest absolute Gasteiger partial charge is 0.249 e. The molecule has 0 bridgehead atoms. The molecule has 61 heavy (non-hydrogen) atoms. The van der Waals surface area contributed by atoms with Crippen LogP contribution in [-0.2, 0) is 4.79 Å². The highest BCUT2D eigenvalue weighted by Crippen LogP contribution is 2.17. The summed E-state index contributed by atoms with van der Waals surface area (Å²) in [6.45, 7) is 4.04. The summed E-state index contributed by atoms with van der Waals surface area (Å²) in [6.07, 6.45) is 59.8. The number of nitrogens with one attached hydrogen (secondary N) is 1. The first kappa shape index (κ1) is 59.8. The topological polar surface area (TPSA) is 110 Å². The Morgan fingerprint density at radius 2 is 0.672 bits per heavy atom. The number of carbonyl (C=O) groups is 1. The molecular weight excluding hydrogens is 755 g/mol. The van der Waals surface area contributed by atoms with Crippen LogP contribution in [0.1, 0.15) is 290 Å². The van der Waals surface area contributed by atoms with Crippen molar-refractivity contribution in [2.24, 2.45) is 0 Å². The summed E-state index contributed by atoms with van der Waals surface area (Å²) in [4.78, 5) is 12.5. The third-order valence-corrected chi connectivity index (χ3v) is 12.9. The third kappa shape index (κ3) is 43.8. The minimum absolute atomic E-state index is 0.366. The number of aliphatic hydroxyl groups is 4. The number of hydrogen-bond donors (Lipinski definition) is 5. The van der Waals surface area contributed by atoms with Crippen LogP contribution in [0.2, 0.25) is 0 Å². The molecular formula is C55H107NO5. The molecule has 0 aromatic heterocycles. The molecule has 0 aromatic rings. The van der Waals surface area contributed by atoms with Crippen molar-refractivity contribution in [2.75, 3.05) is 6.61 Å². The monoisotopic (exact) mass is 862 g/mol. The highest BCUT2D eigenvalue weighted by Gasteiger charge is 2.28. The molecule has 0 saturated carbocycles. The molecule has 362 valence electrons. The van der Waals surface area contributed by atoms with Crippen molar-refractivity contribution in [2.45, 2.75) is 314 Å². The van der Waals surface area contributed by atoms with E-state index in [1.54, 1.807) is 0 Å². The van der Waals surface area contributed by atoms with Crippen LogP contribution in [0.25, 0.3) is 0 Å². The lowest BCUT2D eigenvalue weighted by Gasteiger charge is -2.27. The van der Waals surface area contributed by atoms with Crippen molar-refractivity contribution < 1.29 is 25.2 Å². The Kier molecular flexibility index (Phi) is 48.8.